The Bertz CT molecular complexity index is 186. The summed E-state index contributed by atoms with van der Waals surface area (Å²) in [6.45, 7) is 6.50. The highest BCUT2D eigenvalue weighted by molar-refractivity contribution is 5.72. The van der Waals surface area contributed by atoms with Gasteiger partial charge in [0.2, 0.25) is 5.91 Å². The predicted molar refractivity (Wildman–Crippen MR) is 57.2 cm³/mol. The average molecular weight is 199 g/mol. The molecule has 0 aliphatic carbocycles. The molecule has 4 nitrogen and oxygen atoms in total. The molecule has 2 N–H and O–H groups in total. The van der Waals surface area contributed by atoms with E-state index in [-0.39, 0.29) is 5.91 Å². The van der Waals surface area contributed by atoms with Crippen molar-refractivity contribution in [1.82, 2.24) is 15.5 Å². The van der Waals surface area contributed by atoms with Gasteiger partial charge in [-0.1, -0.05) is 0 Å². The molecule has 1 aliphatic rings. The van der Waals surface area contributed by atoms with Gasteiger partial charge in [0.15, 0.2) is 0 Å². The van der Waals surface area contributed by atoms with Crippen LogP contribution < -0.4 is 10.6 Å². The highest BCUT2D eigenvalue weighted by atomic mass is 16.1. The molecule has 1 heterocycles. The number of amides is 1. The number of nitrogens with one attached hydrogen (secondary N) is 2. The zero-order valence-electron chi connectivity index (χ0n) is 9.34. The van der Waals surface area contributed by atoms with Gasteiger partial charge in [-0.3, -0.25) is 4.79 Å². The second kappa shape index (κ2) is 5.32. The topological polar surface area (TPSA) is 44.4 Å². The Balaban J connectivity index is 2.06. The maximum Gasteiger partial charge on any atom is 0.216 e. The largest absolute Gasteiger partial charge is 0.355 e. The molecular weight excluding hydrogens is 178 g/mol. The van der Waals surface area contributed by atoms with Gasteiger partial charge in [-0.15, -0.1) is 0 Å². The molecule has 0 aromatic carbocycles. The first-order chi connectivity index (χ1) is 6.59. The Kier molecular flexibility index (Phi) is 4.35. The summed E-state index contributed by atoms with van der Waals surface area (Å²) >= 11 is 0. The van der Waals surface area contributed by atoms with Crippen LogP contribution in [0.3, 0.4) is 0 Å². The van der Waals surface area contributed by atoms with Crippen molar-refractivity contribution >= 4 is 5.91 Å². The average Bonchev–Trinajstić information content (AvgIpc) is 2.40. The van der Waals surface area contributed by atoms with E-state index in [1.807, 2.05) is 0 Å². The summed E-state index contributed by atoms with van der Waals surface area (Å²) in [6.07, 6.45) is 1.20. The minimum absolute atomic E-state index is 0.0451. The van der Waals surface area contributed by atoms with Gasteiger partial charge >= 0.3 is 0 Å². The molecule has 1 fully saturated rings. The van der Waals surface area contributed by atoms with E-state index >= 15 is 0 Å². The van der Waals surface area contributed by atoms with E-state index in [9.17, 15) is 4.79 Å². The number of rotatable bonds is 4. The van der Waals surface area contributed by atoms with Crippen LogP contribution in [-0.2, 0) is 4.79 Å². The van der Waals surface area contributed by atoms with Gasteiger partial charge in [-0.25, -0.2) is 0 Å². The molecule has 1 aliphatic heterocycles. The molecule has 0 radical (unpaired) electrons. The van der Waals surface area contributed by atoms with Crippen LogP contribution in [-0.4, -0.2) is 49.6 Å². The monoisotopic (exact) mass is 199 g/mol. The maximum atomic E-state index is 10.6. The van der Waals surface area contributed by atoms with Crippen molar-refractivity contribution in [2.24, 2.45) is 0 Å². The first-order valence-corrected chi connectivity index (χ1v) is 5.27. The van der Waals surface area contributed by atoms with Crippen molar-refractivity contribution in [3.8, 4) is 0 Å². The van der Waals surface area contributed by atoms with Crippen molar-refractivity contribution in [2.45, 2.75) is 32.4 Å². The van der Waals surface area contributed by atoms with E-state index in [4.69, 9.17) is 0 Å². The van der Waals surface area contributed by atoms with Crippen molar-refractivity contribution in [3.05, 3.63) is 0 Å². The van der Waals surface area contributed by atoms with E-state index in [2.05, 4.69) is 29.5 Å². The number of nitrogens with zero attached hydrogens (tertiary/aromatic N) is 1. The third kappa shape index (κ3) is 3.64. The molecule has 1 amide bonds. The lowest BCUT2D eigenvalue weighted by atomic mass is 10.2. The maximum absolute atomic E-state index is 10.6. The molecule has 4 heteroatoms. The predicted octanol–water partition coefficient (Wildman–Crippen LogP) is -0.195. The van der Waals surface area contributed by atoms with Gasteiger partial charge in [-0.05, 0) is 20.4 Å². The van der Waals surface area contributed by atoms with Crippen molar-refractivity contribution in [1.29, 1.82) is 0 Å². The van der Waals surface area contributed by atoms with Crippen LogP contribution in [0.15, 0.2) is 0 Å². The normalized spacial score (nSPS) is 27.9. The van der Waals surface area contributed by atoms with Crippen LogP contribution in [0.25, 0.3) is 0 Å². The van der Waals surface area contributed by atoms with Gasteiger partial charge in [-0.2, -0.15) is 0 Å². The van der Waals surface area contributed by atoms with E-state index in [0.29, 0.717) is 12.1 Å². The summed E-state index contributed by atoms with van der Waals surface area (Å²) in [5, 5.41) is 6.22. The highest BCUT2D eigenvalue weighted by Gasteiger charge is 2.24. The second-order valence-electron chi connectivity index (χ2n) is 4.16. The smallest absolute Gasteiger partial charge is 0.216 e. The van der Waals surface area contributed by atoms with Gasteiger partial charge in [0.05, 0.1) is 0 Å². The van der Waals surface area contributed by atoms with Crippen LogP contribution in [0.2, 0.25) is 0 Å². The summed E-state index contributed by atoms with van der Waals surface area (Å²) < 4.78 is 0. The number of carbonyl (C=O) groups is 1. The summed E-state index contributed by atoms with van der Waals surface area (Å²) in [5.41, 5.74) is 0. The van der Waals surface area contributed by atoms with E-state index in [1.54, 1.807) is 6.92 Å². The third-order valence-corrected chi connectivity index (χ3v) is 2.82. The third-order valence-electron chi connectivity index (χ3n) is 2.82. The molecule has 1 saturated heterocycles. The van der Waals surface area contributed by atoms with E-state index < -0.39 is 0 Å². The molecule has 0 spiro atoms. The lowest BCUT2D eigenvalue weighted by Gasteiger charge is -2.13. The fourth-order valence-corrected chi connectivity index (χ4v) is 1.86. The number of hydrogen-bond acceptors (Lipinski definition) is 3. The molecule has 0 aromatic heterocycles. The standard InChI is InChI=1S/C10H21N3O/c1-8-6-10(7-13(8)3)12-5-4-11-9(2)14/h8,10,12H,4-7H2,1-3H3,(H,11,14). The number of likely N-dealkylation sites (tertiary alicyclic amines) is 1. The first-order valence-electron chi connectivity index (χ1n) is 5.27. The Hall–Kier alpha value is -0.610. The van der Waals surface area contributed by atoms with E-state index in [0.717, 1.165) is 19.6 Å². The Labute approximate surface area is 86.0 Å². The lowest BCUT2D eigenvalue weighted by Crippen LogP contribution is -2.37. The lowest BCUT2D eigenvalue weighted by molar-refractivity contribution is -0.118. The van der Waals surface area contributed by atoms with Gasteiger partial charge in [0, 0.05) is 38.6 Å². The number of carbonyl (C=O) groups excluding carboxylic acids is 1. The van der Waals surface area contributed by atoms with Crippen molar-refractivity contribution < 1.29 is 4.79 Å². The Morgan fingerprint density at radius 2 is 2.21 bits per heavy atom. The minimum atomic E-state index is 0.0451. The van der Waals surface area contributed by atoms with Crippen molar-refractivity contribution in [2.75, 3.05) is 26.7 Å². The Morgan fingerprint density at radius 3 is 2.71 bits per heavy atom. The summed E-state index contributed by atoms with van der Waals surface area (Å²) in [6, 6.07) is 1.26. The van der Waals surface area contributed by atoms with E-state index in [1.165, 1.54) is 6.42 Å². The Morgan fingerprint density at radius 1 is 1.50 bits per heavy atom. The molecule has 2 atom stereocenters. The zero-order chi connectivity index (χ0) is 10.6. The van der Waals surface area contributed by atoms with Gasteiger partial charge < -0.3 is 15.5 Å². The van der Waals surface area contributed by atoms with Crippen molar-refractivity contribution in [3.63, 3.8) is 0 Å². The molecule has 0 saturated carbocycles. The molecule has 1 rings (SSSR count). The zero-order valence-corrected chi connectivity index (χ0v) is 9.34. The van der Waals surface area contributed by atoms with Crippen LogP contribution in [0, 0.1) is 0 Å². The minimum Gasteiger partial charge on any atom is -0.355 e. The SMILES string of the molecule is CC(=O)NCCNC1CC(C)N(C)C1. The first kappa shape index (κ1) is 11.5. The van der Waals surface area contributed by atoms with Crippen LogP contribution in [0.1, 0.15) is 20.3 Å². The second-order valence-corrected chi connectivity index (χ2v) is 4.16. The van der Waals surface area contributed by atoms with Crippen LogP contribution in [0.4, 0.5) is 0 Å². The molecule has 2 unspecified atom stereocenters. The molecule has 0 aromatic rings. The number of likely N-dealkylation sites (N-methyl/N-ethyl adjacent to an activating group) is 1. The molecule has 0 bridgehead atoms. The molecule has 14 heavy (non-hydrogen) atoms. The molecule has 82 valence electrons. The fraction of sp³-hybridized carbons (Fsp3) is 0.900. The summed E-state index contributed by atoms with van der Waals surface area (Å²) in [7, 11) is 2.15. The van der Waals surface area contributed by atoms with Gasteiger partial charge in [0.1, 0.15) is 0 Å². The summed E-state index contributed by atoms with van der Waals surface area (Å²) in [5.74, 6) is 0.0451. The van der Waals surface area contributed by atoms with Gasteiger partial charge in [0.25, 0.3) is 0 Å². The quantitative estimate of drug-likeness (QED) is 0.617. The summed E-state index contributed by atoms with van der Waals surface area (Å²) in [4.78, 5) is 13.0. The fourth-order valence-electron chi connectivity index (χ4n) is 1.86. The molecular formula is C10H21N3O. The number of hydrogen-bond donors (Lipinski definition) is 2. The van der Waals surface area contributed by atoms with Crippen LogP contribution >= 0.6 is 0 Å². The van der Waals surface area contributed by atoms with Crippen LogP contribution in [0.5, 0.6) is 0 Å². The highest BCUT2D eigenvalue weighted by Crippen LogP contribution is 2.14.